The summed E-state index contributed by atoms with van der Waals surface area (Å²) in [6.45, 7) is 13.2. The van der Waals surface area contributed by atoms with Crippen LogP contribution < -0.4 is 5.32 Å². The summed E-state index contributed by atoms with van der Waals surface area (Å²) in [4.78, 5) is 11.4. The fourth-order valence-corrected chi connectivity index (χ4v) is 1.90. The Kier molecular flexibility index (Phi) is 17.9. The second-order valence-corrected chi connectivity index (χ2v) is 4.80. The van der Waals surface area contributed by atoms with Crippen molar-refractivity contribution in [3.05, 3.63) is 0 Å². The maximum Gasteiger partial charge on any atom is 0.220 e. The molecule has 1 amide bonds. The largest absolute Gasteiger partial charge is 0.388 e. The molecular weight excluding hydrogens is 282 g/mol. The summed E-state index contributed by atoms with van der Waals surface area (Å²) in [5.74, 6) is 0.0632. The number of ether oxygens (including phenoxy) is 2. The molecule has 0 radical (unpaired) electrons. The van der Waals surface area contributed by atoms with Gasteiger partial charge in [0, 0.05) is 19.4 Å². The Bertz CT molecular complexity index is 249. The molecule has 1 rings (SSSR count). The Hall–Kier alpha value is -0.650. The summed E-state index contributed by atoms with van der Waals surface area (Å²) in [6.07, 6.45) is 2.80. The molecule has 0 aromatic carbocycles. The van der Waals surface area contributed by atoms with Gasteiger partial charge in [-0.15, -0.1) is 0 Å². The lowest BCUT2D eigenvalue weighted by molar-refractivity contribution is -0.163. The minimum absolute atomic E-state index is 0.0438. The Morgan fingerprint density at radius 1 is 1.27 bits per heavy atom. The van der Waals surface area contributed by atoms with Gasteiger partial charge in [-0.2, -0.15) is 0 Å². The number of carbonyl (C=O) groups is 1. The van der Waals surface area contributed by atoms with Crippen LogP contribution in [0.2, 0.25) is 0 Å². The molecule has 134 valence electrons. The van der Waals surface area contributed by atoms with Crippen molar-refractivity contribution >= 4 is 5.91 Å². The Morgan fingerprint density at radius 2 is 1.91 bits per heavy atom. The van der Waals surface area contributed by atoms with Crippen LogP contribution in [0.5, 0.6) is 0 Å². The first-order chi connectivity index (χ1) is 10.6. The average Bonchev–Trinajstić information content (AvgIpc) is 2.86. The lowest BCUT2D eigenvalue weighted by atomic mass is 10.2. The molecule has 0 saturated carbocycles. The highest BCUT2D eigenvalue weighted by Gasteiger charge is 2.31. The molecule has 22 heavy (non-hydrogen) atoms. The van der Waals surface area contributed by atoms with Gasteiger partial charge < -0.3 is 19.9 Å². The molecule has 1 aliphatic heterocycles. The second kappa shape index (κ2) is 16.7. The van der Waals surface area contributed by atoms with Crippen LogP contribution in [0.15, 0.2) is 0 Å². The fraction of sp³-hybridized carbons (Fsp3) is 0.941. The van der Waals surface area contributed by atoms with Crippen molar-refractivity contribution in [2.45, 2.75) is 92.1 Å². The number of aliphatic hydroxyl groups excluding tert-OH is 1. The summed E-state index contributed by atoms with van der Waals surface area (Å²) >= 11 is 0. The first kappa shape index (κ1) is 23.6. The van der Waals surface area contributed by atoms with Gasteiger partial charge in [0.05, 0.1) is 12.7 Å². The minimum Gasteiger partial charge on any atom is -0.388 e. The molecule has 0 aliphatic carbocycles. The van der Waals surface area contributed by atoms with E-state index >= 15 is 0 Å². The van der Waals surface area contributed by atoms with Crippen LogP contribution in [0.25, 0.3) is 0 Å². The summed E-state index contributed by atoms with van der Waals surface area (Å²) in [6, 6.07) is 0. The van der Waals surface area contributed by atoms with Gasteiger partial charge in [0.25, 0.3) is 0 Å². The van der Waals surface area contributed by atoms with E-state index in [0.717, 1.165) is 19.4 Å². The Balaban J connectivity index is 0. The topological polar surface area (TPSA) is 67.8 Å². The molecule has 0 bridgehead atoms. The molecular formula is C17H37NO4. The molecule has 1 heterocycles. The van der Waals surface area contributed by atoms with E-state index in [1.54, 1.807) is 0 Å². The predicted molar refractivity (Wildman–Crippen MR) is 90.8 cm³/mol. The number of rotatable bonds is 8. The highest BCUT2D eigenvalue weighted by molar-refractivity contribution is 5.75. The molecule has 0 spiro atoms. The molecule has 1 saturated heterocycles. The first-order valence-corrected chi connectivity index (χ1v) is 8.85. The van der Waals surface area contributed by atoms with Gasteiger partial charge in [-0.25, -0.2) is 0 Å². The zero-order chi connectivity index (χ0) is 17.4. The molecule has 1 fully saturated rings. The molecule has 0 aromatic rings. The Morgan fingerprint density at radius 3 is 2.41 bits per heavy atom. The van der Waals surface area contributed by atoms with Gasteiger partial charge in [0.15, 0.2) is 6.29 Å². The zero-order valence-electron chi connectivity index (χ0n) is 15.4. The van der Waals surface area contributed by atoms with Gasteiger partial charge in [-0.05, 0) is 19.8 Å². The first-order valence-electron chi connectivity index (χ1n) is 8.85. The minimum atomic E-state index is -0.543. The number of nitrogens with one attached hydrogen (secondary N) is 1. The highest BCUT2D eigenvalue weighted by atomic mass is 16.7. The lowest BCUT2D eigenvalue weighted by Gasteiger charge is -2.14. The molecule has 2 N–H and O–H groups in total. The SMILES string of the molecule is CC.CC.CCCCNC(=O)CCCOC1OC(C)CC1O. The number of amides is 1. The monoisotopic (exact) mass is 319 g/mol. The van der Waals surface area contributed by atoms with Gasteiger partial charge in [0.1, 0.15) is 6.10 Å². The van der Waals surface area contributed by atoms with Crippen molar-refractivity contribution < 1.29 is 19.4 Å². The van der Waals surface area contributed by atoms with Crippen molar-refractivity contribution in [2.24, 2.45) is 0 Å². The number of hydrogen-bond donors (Lipinski definition) is 2. The van der Waals surface area contributed by atoms with Gasteiger partial charge in [-0.1, -0.05) is 41.0 Å². The van der Waals surface area contributed by atoms with Crippen LogP contribution in [0.3, 0.4) is 0 Å². The number of hydrogen-bond acceptors (Lipinski definition) is 4. The van der Waals surface area contributed by atoms with Gasteiger partial charge >= 0.3 is 0 Å². The quantitative estimate of drug-likeness (QED) is 0.674. The lowest BCUT2D eigenvalue weighted by Crippen LogP contribution is -2.26. The van der Waals surface area contributed by atoms with E-state index in [-0.39, 0.29) is 12.0 Å². The van der Waals surface area contributed by atoms with Crippen LogP contribution in [0, 0.1) is 0 Å². The van der Waals surface area contributed by atoms with E-state index in [2.05, 4.69) is 12.2 Å². The van der Waals surface area contributed by atoms with Gasteiger partial charge in [-0.3, -0.25) is 4.79 Å². The predicted octanol–water partition coefficient (Wildman–Crippen LogP) is 3.25. The third-order valence-corrected chi connectivity index (χ3v) is 2.94. The van der Waals surface area contributed by atoms with Crippen molar-refractivity contribution in [1.82, 2.24) is 5.32 Å². The highest BCUT2D eigenvalue weighted by Crippen LogP contribution is 2.20. The third-order valence-electron chi connectivity index (χ3n) is 2.94. The maximum absolute atomic E-state index is 11.4. The Labute approximate surface area is 136 Å². The number of unbranched alkanes of at least 4 members (excludes halogenated alkanes) is 1. The van der Waals surface area contributed by atoms with E-state index in [4.69, 9.17) is 9.47 Å². The van der Waals surface area contributed by atoms with E-state index < -0.39 is 12.4 Å². The molecule has 1 aliphatic rings. The van der Waals surface area contributed by atoms with Crippen molar-refractivity contribution in [3.63, 3.8) is 0 Å². The average molecular weight is 319 g/mol. The zero-order valence-corrected chi connectivity index (χ0v) is 15.4. The molecule has 3 atom stereocenters. The summed E-state index contributed by atoms with van der Waals surface area (Å²) < 4.78 is 10.8. The van der Waals surface area contributed by atoms with Crippen molar-refractivity contribution in [1.29, 1.82) is 0 Å². The smallest absolute Gasteiger partial charge is 0.220 e. The van der Waals surface area contributed by atoms with E-state index in [1.165, 1.54) is 0 Å². The molecule has 5 nitrogen and oxygen atoms in total. The van der Waals surface area contributed by atoms with Crippen LogP contribution in [-0.2, 0) is 14.3 Å². The van der Waals surface area contributed by atoms with E-state index in [0.29, 0.717) is 25.9 Å². The second-order valence-electron chi connectivity index (χ2n) is 4.80. The fourth-order valence-electron chi connectivity index (χ4n) is 1.90. The van der Waals surface area contributed by atoms with E-state index in [1.807, 2.05) is 34.6 Å². The summed E-state index contributed by atoms with van der Waals surface area (Å²) in [5, 5.41) is 12.4. The molecule has 5 heteroatoms. The summed E-state index contributed by atoms with van der Waals surface area (Å²) in [5.41, 5.74) is 0. The summed E-state index contributed by atoms with van der Waals surface area (Å²) in [7, 11) is 0. The van der Waals surface area contributed by atoms with Gasteiger partial charge in [0.2, 0.25) is 5.91 Å². The van der Waals surface area contributed by atoms with Crippen LogP contribution in [-0.4, -0.2) is 42.7 Å². The molecule has 3 unspecified atom stereocenters. The number of carbonyl (C=O) groups excluding carboxylic acids is 1. The van der Waals surface area contributed by atoms with Crippen LogP contribution in [0.4, 0.5) is 0 Å². The van der Waals surface area contributed by atoms with Crippen molar-refractivity contribution in [2.75, 3.05) is 13.2 Å². The van der Waals surface area contributed by atoms with E-state index in [9.17, 15) is 9.90 Å². The normalized spacial score (nSPS) is 23.0. The van der Waals surface area contributed by atoms with Crippen LogP contribution in [0.1, 0.15) is 73.6 Å². The van der Waals surface area contributed by atoms with Crippen LogP contribution >= 0.6 is 0 Å². The maximum atomic E-state index is 11.4. The molecule has 0 aromatic heterocycles. The third kappa shape index (κ3) is 12.0. The van der Waals surface area contributed by atoms with Crippen molar-refractivity contribution in [3.8, 4) is 0 Å². The number of aliphatic hydroxyl groups is 1. The standard InChI is InChI=1S/C13H25NO4.2C2H6/c1-3-4-7-14-12(16)6-5-8-17-13-11(15)9-10(2)18-13;2*1-2/h10-11,13,15H,3-9H2,1-2H3,(H,14,16);2*1-2H3.